The summed E-state index contributed by atoms with van der Waals surface area (Å²) in [6.45, 7) is 2.87. The zero-order chi connectivity index (χ0) is 15.0. The molecule has 0 aromatic heterocycles. The van der Waals surface area contributed by atoms with Crippen LogP contribution in [0, 0.1) is 0 Å². The van der Waals surface area contributed by atoms with E-state index in [1.165, 1.54) is 7.11 Å². The molecule has 0 radical (unpaired) electrons. The van der Waals surface area contributed by atoms with Gasteiger partial charge in [0.05, 0.1) is 20.2 Å². The summed E-state index contributed by atoms with van der Waals surface area (Å²) in [5.41, 5.74) is 0.636. The fourth-order valence-electron chi connectivity index (χ4n) is 1.75. The third kappa shape index (κ3) is 6.04. The molecule has 0 aliphatic rings. The Morgan fingerprint density at radius 2 is 2.10 bits per heavy atom. The fourth-order valence-corrected chi connectivity index (χ4v) is 1.94. The Kier molecular flexibility index (Phi) is 7.04. The van der Waals surface area contributed by atoms with E-state index in [0.717, 1.165) is 6.42 Å². The third-order valence-electron chi connectivity index (χ3n) is 2.60. The summed E-state index contributed by atoms with van der Waals surface area (Å²) in [5.74, 6) is -0.543. The number of esters is 1. The van der Waals surface area contributed by atoms with Gasteiger partial charge in [-0.1, -0.05) is 24.6 Å². The van der Waals surface area contributed by atoms with E-state index in [1.54, 1.807) is 29.2 Å². The fraction of sp³-hybridized carbons (Fsp3) is 0.429. The standard InChI is InChI=1S/C14H19ClN2O3/c1-3-7-17(10-14(19)20-2)9-13(18)16-12-6-4-5-11(15)8-12/h4-6,8H,3,7,9-10H2,1-2H3,(H,16,18). The number of carbonyl (C=O) groups excluding carboxylic acids is 2. The highest BCUT2D eigenvalue weighted by molar-refractivity contribution is 6.30. The molecular weight excluding hydrogens is 280 g/mol. The summed E-state index contributed by atoms with van der Waals surface area (Å²) >= 11 is 5.85. The number of benzene rings is 1. The number of ether oxygens (including phenoxy) is 1. The first-order chi connectivity index (χ1) is 9.55. The van der Waals surface area contributed by atoms with E-state index in [4.69, 9.17) is 11.6 Å². The number of hydrogen-bond acceptors (Lipinski definition) is 4. The Hall–Kier alpha value is -1.59. The van der Waals surface area contributed by atoms with E-state index in [-0.39, 0.29) is 25.0 Å². The van der Waals surface area contributed by atoms with Crippen molar-refractivity contribution in [2.75, 3.05) is 32.1 Å². The Bertz CT molecular complexity index is 465. The molecule has 0 atom stereocenters. The minimum Gasteiger partial charge on any atom is -0.468 e. The maximum Gasteiger partial charge on any atom is 0.319 e. The van der Waals surface area contributed by atoms with Gasteiger partial charge in [0, 0.05) is 10.7 Å². The number of carbonyl (C=O) groups is 2. The molecule has 1 aromatic rings. The molecule has 6 heteroatoms. The van der Waals surface area contributed by atoms with Crippen molar-refractivity contribution in [1.29, 1.82) is 0 Å². The molecule has 1 N–H and O–H groups in total. The monoisotopic (exact) mass is 298 g/mol. The Balaban J connectivity index is 2.55. The third-order valence-corrected chi connectivity index (χ3v) is 2.83. The molecule has 0 bridgehead atoms. The van der Waals surface area contributed by atoms with Crippen LogP contribution < -0.4 is 5.32 Å². The zero-order valence-corrected chi connectivity index (χ0v) is 12.4. The molecule has 0 spiro atoms. The summed E-state index contributed by atoms with van der Waals surface area (Å²) in [5, 5.41) is 3.30. The first kappa shape index (κ1) is 16.5. The van der Waals surface area contributed by atoms with Crippen LogP contribution in [0.1, 0.15) is 13.3 Å². The lowest BCUT2D eigenvalue weighted by molar-refractivity contribution is -0.142. The maximum absolute atomic E-state index is 11.9. The van der Waals surface area contributed by atoms with Crippen molar-refractivity contribution < 1.29 is 14.3 Å². The molecule has 1 rings (SSSR count). The average molecular weight is 299 g/mol. The highest BCUT2D eigenvalue weighted by Gasteiger charge is 2.14. The van der Waals surface area contributed by atoms with Crippen molar-refractivity contribution in [2.24, 2.45) is 0 Å². The zero-order valence-electron chi connectivity index (χ0n) is 11.7. The van der Waals surface area contributed by atoms with Gasteiger partial charge in [-0.3, -0.25) is 14.5 Å². The molecule has 1 amide bonds. The van der Waals surface area contributed by atoms with Crippen molar-refractivity contribution >= 4 is 29.2 Å². The van der Waals surface area contributed by atoms with E-state index >= 15 is 0 Å². The van der Waals surface area contributed by atoms with Gasteiger partial charge in [0.1, 0.15) is 0 Å². The number of amides is 1. The molecule has 0 heterocycles. The normalized spacial score (nSPS) is 10.4. The van der Waals surface area contributed by atoms with Gasteiger partial charge in [0.2, 0.25) is 5.91 Å². The molecule has 0 saturated carbocycles. The van der Waals surface area contributed by atoms with E-state index < -0.39 is 0 Å². The van der Waals surface area contributed by atoms with Crippen molar-refractivity contribution in [3.05, 3.63) is 29.3 Å². The predicted molar refractivity (Wildman–Crippen MR) is 78.8 cm³/mol. The second-order valence-electron chi connectivity index (χ2n) is 4.35. The van der Waals surface area contributed by atoms with Gasteiger partial charge in [-0.05, 0) is 31.2 Å². The van der Waals surface area contributed by atoms with E-state index in [0.29, 0.717) is 17.3 Å². The molecule has 1 aromatic carbocycles. The molecule has 110 valence electrons. The quantitative estimate of drug-likeness (QED) is 0.784. The Morgan fingerprint density at radius 3 is 2.70 bits per heavy atom. The van der Waals surface area contributed by atoms with Crippen molar-refractivity contribution in [2.45, 2.75) is 13.3 Å². The van der Waals surface area contributed by atoms with Crippen LogP contribution in [-0.2, 0) is 14.3 Å². The summed E-state index contributed by atoms with van der Waals surface area (Å²) in [6.07, 6.45) is 0.849. The van der Waals surface area contributed by atoms with Crippen molar-refractivity contribution in [3.63, 3.8) is 0 Å². The van der Waals surface area contributed by atoms with Gasteiger partial charge in [0.25, 0.3) is 0 Å². The highest BCUT2D eigenvalue weighted by atomic mass is 35.5. The van der Waals surface area contributed by atoms with Crippen LogP contribution >= 0.6 is 11.6 Å². The lowest BCUT2D eigenvalue weighted by Gasteiger charge is -2.19. The highest BCUT2D eigenvalue weighted by Crippen LogP contribution is 2.14. The predicted octanol–water partition coefficient (Wildman–Crippen LogP) is 2.16. The lowest BCUT2D eigenvalue weighted by Crippen LogP contribution is -2.37. The number of nitrogens with one attached hydrogen (secondary N) is 1. The number of hydrogen-bond donors (Lipinski definition) is 1. The Labute approximate surface area is 123 Å². The number of halogens is 1. The number of methoxy groups -OCH3 is 1. The van der Waals surface area contributed by atoms with Crippen molar-refractivity contribution in [3.8, 4) is 0 Å². The van der Waals surface area contributed by atoms with E-state index in [9.17, 15) is 9.59 Å². The molecule has 0 saturated heterocycles. The largest absolute Gasteiger partial charge is 0.468 e. The molecule has 20 heavy (non-hydrogen) atoms. The van der Waals surface area contributed by atoms with Crippen LogP contribution in [0.25, 0.3) is 0 Å². The second-order valence-corrected chi connectivity index (χ2v) is 4.78. The average Bonchev–Trinajstić information content (AvgIpc) is 2.38. The van der Waals surface area contributed by atoms with Gasteiger partial charge in [0.15, 0.2) is 0 Å². The van der Waals surface area contributed by atoms with Gasteiger partial charge in [-0.2, -0.15) is 0 Å². The van der Waals surface area contributed by atoms with Gasteiger partial charge < -0.3 is 10.1 Å². The van der Waals surface area contributed by atoms with Crippen LogP contribution in [0.5, 0.6) is 0 Å². The minimum atomic E-state index is -0.353. The van der Waals surface area contributed by atoms with Crippen LogP contribution in [0.2, 0.25) is 5.02 Å². The molecule has 5 nitrogen and oxygen atoms in total. The minimum absolute atomic E-state index is 0.104. The smallest absolute Gasteiger partial charge is 0.319 e. The summed E-state index contributed by atoms with van der Waals surface area (Å²) in [4.78, 5) is 24.9. The van der Waals surface area contributed by atoms with Gasteiger partial charge >= 0.3 is 5.97 Å². The topological polar surface area (TPSA) is 58.6 Å². The number of anilines is 1. The Morgan fingerprint density at radius 1 is 1.35 bits per heavy atom. The number of rotatable bonds is 7. The van der Waals surface area contributed by atoms with Crippen LogP contribution in [0.3, 0.4) is 0 Å². The molecule has 0 fully saturated rings. The first-order valence-electron chi connectivity index (χ1n) is 6.39. The second kappa shape index (κ2) is 8.55. The van der Waals surface area contributed by atoms with Gasteiger partial charge in [-0.15, -0.1) is 0 Å². The molecule has 0 aliphatic heterocycles. The van der Waals surface area contributed by atoms with Crippen LogP contribution in [0.4, 0.5) is 5.69 Å². The molecular formula is C14H19ClN2O3. The number of nitrogens with zero attached hydrogens (tertiary/aromatic N) is 1. The first-order valence-corrected chi connectivity index (χ1v) is 6.77. The summed E-state index contributed by atoms with van der Waals surface area (Å²) in [7, 11) is 1.33. The van der Waals surface area contributed by atoms with Crippen molar-refractivity contribution in [1.82, 2.24) is 4.90 Å². The SMILES string of the molecule is CCCN(CC(=O)Nc1cccc(Cl)c1)CC(=O)OC. The molecule has 0 unspecified atom stereocenters. The van der Waals surface area contributed by atoms with E-state index in [1.807, 2.05) is 6.92 Å². The van der Waals surface area contributed by atoms with Gasteiger partial charge in [-0.25, -0.2) is 0 Å². The lowest BCUT2D eigenvalue weighted by atomic mass is 10.3. The van der Waals surface area contributed by atoms with Crippen LogP contribution in [0.15, 0.2) is 24.3 Å². The van der Waals surface area contributed by atoms with Crippen LogP contribution in [-0.4, -0.2) is 43.5 Å². The summed E-state index contributed by atoms with van der Waals surface area (Å²) < 4.78 is 4.61. The van der Waals surface area contributed by atoms with E-state index in [2.05, 4.69) is 10.1 Å². The molecule has 0 aliphatic carbocycles. The summed E-state index contributed by atoms with van der Waals surface area (Å²) in [6, 6.07) is 6.92. The maximum atomic E-state index is 11.9.